The molecule has 0 radical (unpaired) electrons. The molecule has 3 aromatic rings. The van der Waals surface area contributed by atoms with Gasteiger partial charge in [-0.2, -0.15) is 5.10 Å². The third kappa shape index (κ3) is 7.65. The van der Waals surface area contributed by atoms with Crippen LogP contribution in [0.25, 0.3) is 0 Å². The Kier molecular flexibility index (Phi) is 8.50. The Hall–Kier alpha value is -3.31. The van der Waals surface area contributed by atoms with Gasteiger partial charge in [-0.25, -0.2) is 15.4 Å². The maximum absolute atomic E-state index is 12.1. The van der Waals surface area contributed by atoms with E-state index in [0.717, 1.165) is 21.4 Å². The molecule has 0 unspecified atom stereocenters. The number of non-ortho nitro benzene ring substituents is 1. The zero-order chi connectivity index (χ0) is 23.8. The Morgan fingerprint density at radius 1 is 1.18 bits per heavy atom. The number of nitrogens with one attached hydrogen (secondary N) is 1. The van der Waals surface area contributed by atoms with Gasteiger partial charge in [0.1, 0.15) is 12.4 Å². The molecule has 0 aliphatic heterocycles. The molecule has 0 fully saturated rings. The molecule has 2 aromatic carbocycles. The first-order chi connectivity index (χ1) is 15.8. The third-order valence-electron chi connectivity index (χ3n) is 4.20. The van der Waals surface area contributed by atoms with Crippen LogP contribution in [0.2, 0.25) is 0 Å². The van der Waals surface area contributed by atoms with E-state index in [1.54, 1.807) is 24.3 Å². The van der Waals surface area contributed by atoms with Gasteiger partial charge in [-0.3, -0.25) is 14.9 Å². The van der Waals surface area contributed by atoms with Crippen molar-refractivity contribution in [3.8, 4) is 5.75 Å². The molecule has 0 spiro atoms. The molecule has 0 saturated heterocycles. The van der Waals surface area contributed by atoms with Crippen molar-refractivity contribution >= 4 is 45.5 Å². The van der Waals surface area contributed by atoms with E-state index in [2.05, 4.69) is 36.4 Å². The van der Waals surface area contributed by atoms with E-state index in [1.807, 2.05) is 26.0 Å². The average Bonchev–Trinajstić information content (AvgIpc) is 2.77. The van der Waals surface area contributed by atoms with Crippen molar-refractivity contribution in [3.63, 3.8) is 0 Å². The molecule has 0 bridgehead atoms. The molecule has 9 nitrogen and oxygen atoms in total. The SMILES string of the molecule is Cc1cc(C)nc(SCC(=O)N/N=C/c2cc(Br)ccc2OCc2ccc([N+](=O)[O-])cc2)n1. The summed E-state index contributed by atoms with van der Waals surface area (Å²) in [6.07, 6.45) is 1.49. The summed E-state index contributed by atoms with van der Waals surface area (Å²) in [5.74, 6) is 0.386. The lowest BCUT2D eigenvalue weighted by atomic mass is 10.2. The first-order valence-electron chi connectivity index (χ1n) is 9.73. The Bertz CT molecular complexity index is 1170. The molecule has 1 heterocycles. The lowest BCUT2D eigenvalue weighted by molar-refractivity contribution is -0.384. The molecule has 1 N–H and O–H groups in total. The van der Waals surface area contributed by atoms with Crippen LogP contribution >= 0.6 is 27.7 Å². The number of hydrazone groups is 1. The average molecular weight is 530 g/mol. The third-order valence-corrected chi connectivity index (χ3v) is 5.54. The molecular formula is C22H20BrN5O4S. The maximum atomic E-state index is 12.1. The second-order valence-electron chi connectivity index (χ2n) is 6.91. The number of hydrogen-bond donors (Lipinski definition) is 1. The normalized spacial score (nSPS) is 10.9. The lowest BCUT2D eigenvalue weighted by Crippen LogP contribution is -2.20. The molecule has 3 rings (SSSR count). The van der Waals surface area contributed by atoms with E-state index in [0.29, 0.717) is 16.5 Å². The number of ether oxygens (including phenoxy) is 1. The van der Waals surface area contributed by atoms with Crippen LogP contribution in [0.15, 0.2) is 63.3 Å². The predicted molar refractivity (Wildman–Crippen MR) is 130 cm³/mol. The minimum atomic E-state index is -0.449. The minimum Gasteiger partial charge on any atom is -0.488 e. The molecule has 170 valence electrons. The van der Waals surface area contributed by atoms with Gasteiger partial charge >= 0.3 is 0 Å². The number of carbonyl (C=O) groups is 1. The summed E-state index contributed by atoms with van der Waals surface area (Å²) in [6, 6.07) is 13.4. The number of benzene rings is 2. The number of nitro groups is 1. The minimum absolute atomic E-state index is 0.0215. The van der Waals surface area contributed by atoms with Gasteiger partial charge < -0.3 is 4.74 Å². The van der Waals surface area contributed by atoms with Crippen LogP contribution in [-0.2, 0) is 11.4 Å². The number of aryl methyl sites for hydroxylation is 2. The van der Waals surface area contributed by atoms with Crippen LogP contribution in [-0.4, -0.2) is 32.8 Å². The molecular weight excluding hydrogens is 510 g/mol. The second kappa shape index (κ2) is 11.5. The lowest BCUT2D eigenvalue weighted by Gasteiger charge is -2.10. The molecule has 33 heavy (non-hydrogen) atoms. The van der Waals surface area contributed by atoms with Gasteiger partial charge in [0.15, 0.2) is 5.16 Å². The highest BCUT2D eigenvalue weighted by Gasteiger charge is 2.08. The van der Waals surface area contributed by atoms with Crippen LogP contribution in [0.4, 0.5) is 5.69 Å². The van der Waals surface area contributed by atoms with Crippen LogP contribution in [0.5, 0.6) is 5.75 Å². The summed E-state index contributed by atoms with van der Waals surface area (Å²) in [4.78, 5) is 31.0. The van der Waals surface area contributed by atoms with Crippen molar-refractivity contribution in [1.82, 2.24) is 15.4 Å². The summed E-state index contributed by atoms with van der Waals surface area (Å²) in [5.41, 5.74) is 5.63. The summed E-state index contributed by atoms with van der Waals surface area (Å²) in [6.45, 7) is 3.98. The fourth-order valence-corrected chi connectivity index (χ4v) is 3.84. The molecule has 1 amide bonds. The predicted octanol–water partition coefficient (Wildman–Crippen LogP) is 4.59. The van der Waals surface area contributed by atoms with Gasteiger partial charge in [-0.15, -0.1) is 0 Å². The first kappa shape index (κ1) is 24.3. The second-order valence-corrected chi connectivity index (χ2v) is 8.77. The van der Waals surface area contributed by atoms with Crippen LogP contribution in [0, 0.1) is 24.0 Å². The van der Waals surface area contributed by atoms with E-state index < -0.39 is 4.92 Å². The number of rotatable bonds is 9. The van der Waals surface area contributed by atoms with E-state index >= 15 is 0 Å². The van der Waals surface area contributed by atoms with Crippen molar-refractivity contribution in [3.05, 3.63) is 85.6 Å². The van der Waals surface area contributed by atoms with E-state index in [4.69, 9.17) is 4.74 Å². The largest absolute Gasteiger partial charge is 0.488 e. The van der Waals surface area contributed by atoms with Crippen LogP contribution < -0.4 is 10.2 Å². The van der Waals surface area contributed by atoms with Crippen molar-refractivity contribution in [1.29, 1.82) is 0 Å². The Balaban J connectivity index is 1.57. The van der Waals surface area contributed by atoms with Gasteiger partial charge in [0.25, 0.3) is 11.6 Å². The highest BCUT2D eigenvalue weighted by molar-refractivity contribution is 9.10. The van der Waals surface area contributed by atoms with Gasteiger partial charge in [-0.05, 0) is 55.8 Å². The summed E-state index contributed by atoms with van der Waals surface area (Å²) < 4.78 is 6.67. The Labute approximate surface area is 203 Å². The van der Waals surface area contributed by atoms with E-state index in [-0.39, 0.29) is 24.0 Å². The quantitative estimate of drug-likeness (QED) is 0.141. The zero-order valence-electron chi connectivity index (χ0n) is 17.8. The summed E-state index contributed by atoms with van der Waals surface area (Å²) >= 11 is 4.65. The monoisotopic (exact) mass is 529 g/mol. The van der Waals surface area contributed by atoms with Crippen LogP contribution in [0.3, 0.4) is 0 Å². The molecule has 0 atom stereocenters. The summed E-state index contributed by atoms with van der Waals surface area (Å²) in [5, 5.41) is 15.3. The van der Waals surface area contributed by atoms with Crippen molar-refractivity contribution in [2.45, 2.75) is 25.6 Å². The highest BCUT2D eigenvalue weighted by Crippen LogP contribution is 2.23. The fourth-order valence-electron chi connectivity index (χ4n) is 2.72. The van der Waals surface area contributed by atoms with Crippen LogP contribution in [0.1, 0.15) is 22.5 Å². The van der Waals surface area contributed by atoms with Crippen molar-refractivity contribution in [2.75, 3.05) is 5.75 Å². The molecule has 0 aliphatic rings. The number of carbonyl (C=O) groups excluding carboxylic acids is 1. The number of thioether (sulfide) groups is 1. The number of nitrogens with zero attached hydrogens (tertiary/aromatic N) is 4. The van der Waals surface area contributed by atoms with E-state index in [1.165, 1.54) is 30.1 Å². The Morgan fingerprint density at radius 3 is 2.55 bits per heavy atom. The first-order valence-corrected chi connectivity index (χ1v) is 11.5. The van der Waals surface area contributed by atoms with Crippen molar-refractivity contribution in [2.24, 2.45) is 5.10 Å². The molecule has 0 saturated carbocycles. The molecule has 0 aliphatic carbocycles. The Morgan fingerprint density at radius 2 is 1.88 bits per heavy atom. The highest BCUT2D eigenvalue weighted by atomic mass is 79.9. The molecule has 1 aromatic heterocycles. The standard InChI is InChI=1S/C22H20BrN5O4S/c1-14-9-15(2)26-22(25-14)33-13-21(29)27-24-11-17-10-18(23)5-8-20(17)32-12-16-3-6-19(7-4-16)28(30)31/h3-11H,12-13H2,1-2H3,(H,27,29)/b24-11+. The number of hydrogen-bond acceptors (Lipinski definition) is 8. The van der Waals surface area contributed by atoms with E-state index in [9.17, 15) is 14.9 Å². The zero-order valence-corrected chi connectivity index (χ0v) is 20.2. The smallest absolute Gasteiger partial charge is 0.269 e. The fraction of sp³-hybridized carbons (Fsp3) is 0.182. The topological polar surface area (TPSA) is 120 Å². The van der Waals surface area contributed by atoms with Crippen molar-refractivity contribution < 1.29 is 14.5 Å². The molecule has 11 heteroatoms. The summed E-state index contributed by atoms with van der Waals surface area (Å²) in [7, 11) is 0. The number of aromatic nitrogens is 2. The van der Waals surface area contributed by atoms with Gasteiger partial charge in [-0.1, -0.05) is 27.7 Å². The number of halogens is 1. The number of nitro benzene ring substituents is 1. The number of amides is 1. The van der Waals surface area contributed by atoms with Gasteiger partial charge in [0, 0.05) is 33.6 Å². The van der Waals surface area contributed by atoms with Gasteiger partial charge in [0.05, 0.1) is 16.9 Å². The van der Waals surface area contributed by atoms with Gasteiger partial charge in [0.2, 0.25) is 0 Å². The maximum Gasteiger partial charge on any atom is 0.269 e.